The second-order valence-corrected chi connectivity index (χ2v) is 8.01. The van der Waals surface area contributed by atoms with Gasteiger partial charge in [0.1, 0.15) is 0 Å². The first-order chi connectivity index (χ1) is 11.4. The highest BCUT2D eigenvalue weighted by molar-refractivity contribution is 7.91. The van der Waals surface area contributed by atoms with E-state index in [4.69, 9.17) is 0 Å². The van der Waals surface area contributed by atoms with Crippen molar-refractivity contribution in [2.24, 2.45) is 13.0 Å². The van der Waals surface area contributed by atoms with E-state index in [2.05, 4.69) is 26.0 Å². The van der Waals surface area contributed by atoms with Crippen LogP contribution in [0.3, 0.4) is 0 Å². The fraction of sp³-hybridized carbons (Fsp3) is 0.429. The SMILES string of the molecule is Cn1nnc(-c2ccc(NC(=O)NC[C@@H]3CCS(=O)(=O)C3)cc2)n1. The lowest BCUT2D eigenvalue weighted by atomic mass is 10.1. The summed E-state index contributed by atoms with van der Waals surface area (Å²) in [6.45, 7) is 0.354. The number of carbonyl (C=O) groups is 1. The molecule has 1 aromatic heterocycles. The molecule has 0 unspecified atom stereocenters. The summed E-state index contributed by atoms with van der Waals surface area (Å²) in [4.78, 5) is 13.3. The lowest BCUT2D eigenvalue weighted by Gasteiger charge is -2.11. The van der Waals surface area contributed by atoms with Gasteiger partial charge in [0, 0.05) is 17.8 Å². The molecule has 0 saturated carbocycles. The number of nitrogens with one attached hydrogen (secondary N) is 2. The van der Waals surface area contributed by atoms with Crippen LogP contribution < -0.4 is 10.6 Å². The number of tetrazole rings is 1. The first-order valence-electron chi connectivity index (χ1n) is 7.51. The Morgan fingerprint density at radius 1 is 1.33 bits per heavy atom. The van der Waals surface area contributed by atoms with Crippen LogP contribution in [-0.2, 0) is 16.9 Å². The molecule has 1 atom stereocenters. The molecule has 0 bridgehead atoms. The van der Waals surface area contributed by atoms with Crippen molar-refractivity contribution in [3.8, 4) is 11.4 Å². The van der Waals surface area contributed by atoms with E-state index < -0.39 is 9.84 Å². The van der Waals surface area contributed by atoms with Gasteiger partial charge in [-0.1, -0.05) is 0 Å². The number of amides is 2. The number of hydrogen-bond acceptors (Lipinski definition) is 6. The Morgan fingerprint density at radius 2 is 2.08 bits per heavy atom. The van der Waals surface area contributed by atoms with Crippen LogP contribution in [-0.4, -0.2) is 52.7 Å². The molecule has 1 aliphatic heterocycles. The molecule has 2 aromatic rings. The zero-order chi connectivity index (χ0) is 17.2. The number of aryl methyl sites for hydroxylation is 1. The summed E-state index contributed by atoms with van der Waals surface area (Å²) in [5.41, 5.74) is 1.42. The maximum Gasteiger partial charge on any atom is 0.319 e. The molecule has 0 spiro atoms. The van der Waals surface area contributed by atoms with E-state index in [1.54, 1.807) is 31.3 Å². The summed E-state index contributed by atoms with van der Waals surface area (Å²) < 4.78 is 22.8. The van der Waals surface area contributed by atoms with E-state index in [1.807, 2.05) is 0 Å². The molecule has 1 aromatic carbocycles. The van der Waals surface area contributed by atoms with Crippen molar-refractivity contribution in [1.29, 1.82) is 0 Å². The third-order valence-corrected chi connectivity index (χ3v) is 5.62. The van der Waals surface area contributed by atoms with E-state index >= 15 is 0 Å². The van der Waals surface area contributed by atoms with E-state index in [9.17, 15) is 13.2 Å². The van der Waals surface area contributed by atoms with E-state index in [1.165, 1.54) is 4.80 Å². The van der Waals surface area contributed by atoms with Gasteiger partial charge in [-0.2, -0.15) is 4.80 Å². The Labute approximate surface area is 139 Å². The van der Waals surface area contributed by atoms with Crippen molar-refractivity contribution in [2.75, 3.05) is 23.4 Å². The zero-order valence-corrected chi connectivity index (χ0v) is 14.0. The van der Waals surface area contributed by atoms with Gasteiger partial charge < -0.3 is 10.6 Å². The molecule has 0 radical (unpaired) electrons. The number of nitrogens with zero attached hydrogens (tertiary/aromatic N) is 4. The molecular weight excluding hydrogens is 332 g/mol. The molecule has 2 N–H and O–H groups in total. The summed E-state index contributed by atoms with van der Waals surface area (Å²) in [5.74, 6) is 0.855. The Morgan fingerprint density at radius 3 is 2.67 bits per heavy atom. The molecular formula is C14H18N6O3S. The third kappa shape index (κ3) is 4.07. The lowest BCUT2D eigenvalue weighted by molar-refractivity contribution is 0.250. The number of rotatable bonds is 4. The molecule has 1 saturated heterocycles. The van der Waals surface area contributed by atoms with Gasteiger partial charge >= 0.3 is 6.03 Å². The van der Waals surface area contributed by atoms with Crippen LogP contribution in [0.5, 0.6) is 0 Å². The van der Waals surface area contributed by atoms with E-state index in [-0.39, 0.29) is 23.5 Å². The molecule has 10 heteroatoms. The minimum Gasteiger partial charge on any atom is -0.338 e. The quantitative estimate of drug-likeness (QED) is 0.825. The van der Waals surface area contributed by atoms with Gasteiger partial charge in [0.05, 0.1) is 18.6 Å². The second-order valence-electron chi connectivity index (χ2n) is 5.78. The van der Waals surface area contributed by atoms with Crippen molar-refractivity contribution in [3.05, 3.63) is 24.3 Å². The molecule has 2 amide bonds. The smallest absolute Gasteiger partial charge is 0.319 e. The molecule has 0 aliphatic carbocycles. The predicted molar refractivity (Wildman–Crippen MR) is 88.0 cm³/mol. The average molecular weight is 350 g/mol. The zero-order valence-electron chi connectivity index (χ0n) is 13.1. The molecule has 24 heavy (non-hydrogen) atoms. The Hall–Kier alpha value is -2.49. The third-order valence-electron chi connectivity index (χ3n) is 3.79. The molecule has 1 fully saturated rings. The first-order valence-corrected chi connectivity index (χ1v) is 9.33. The van der Waals surface area contributed by atoms with Crippen LogP contribution in [0.25, 0.3) is 11.4 Å². The van der Waals surface area contributed by atoms with Crippen molar-refractivity contribution < 1.29 is 13.2 Å². The largest absolute Gasteiger partial charge is 0.338 e. The molecule has 9 nitrogen and oxygen atoms in total. The Balaban J connectivity index is 1.51. The lowest BCUT2D eigenvalue weighted by Crippen LogP contribution is -2.33. The van der Waals surface area contributed by atoms with E-state index in [0.717, 1.165) is 5.56 Å². The molecule has 1 aliphatic rings. The number of sulfone groups is 1. The normalized spacial score (nSPS) is 19.1. The summed E-state index contributed by atoms with van der Waals surface area (Å²) >= 11 is 0. The van der Waals surface area contributed by atoms with Crippen LogP contribution in [0.4, 0.5) is 10.5 Å². The van der Waals surface area contributed by atoms with Crippen LogP contribution in [0, 0.1) is 5.92 Å². The second kappa shape index (κ2) is 6.56. The van der Waals surface area contributed by atoms with E-state index in [0.29, 0.717) is 24.5 Å². The van der Waals surface area contributed by atoms with Crippen LogP contribution in [0.2, 0.25) is 0 Å². The van der Waals surface area contributed by atoms with Gasteiger partial charge in [0.25, 0.3) is 0 Å². The molecule has 128 valence electrons. The van der Waals surface area contributed by atoms with Gasteiger partial charge in [0.2, 0.25) is 5.82 Å². The number of aromatic nitrogens is 4. The van der Waals surface area contributed by atoms with Crippen molar-refractivity contribution in [3.63, 3.8) is 0 Å². The predicted octanol–water partition coefficient (Wildman–Crippen LogP) is 0.433. The number of hydrogen-bond donors (Lipinski definition) is 2. The van der Waals surface area contributed by atoms with Gasteiger partial charge in [-0.25, -0.2) is 13.2 Å². The van der Waals surface area contributed by atoms with Crippen LogP contribution >= 0.6 is 0 Å². The fourth-order valence-corrected chi connectivity index (χ4v) is 4.41. The Kier molecular flexibility index (Phi) is 4.47. The van der Waals surface area contributed by atoms with Crippen molar-refractivity contribution in [1.82, 2.24) is 25.5 Å². The standard InChI is InChI=1S/C14H18N6O3S/c1-20-18-13(17-19-20)11-2-4-12(5-3-11)16-14(21)15-8-10-6-7-24(22,23)9-10/h2-5,10H,6-9H2,1H3,(H2,15,16,21)/t10-/m0/s1. The highest BCUT2D eigenvalue weighted by Crippen LogP contribution is 2.18. The summed E-state index contributed by atoms with van der Waals surface area (Å²) in [6, 6.07) is 6.70. The molecule has 3 rings (SSSR count). The highest BCUT2D eigenvalue weighted by atomic mass is 32.2. The maximum absolute atomic E-state index is 11.9. The highest BCUT2D eigenvalue weighted by Gasteiger charge is 2.27. The summed E-state index contributed by atoms with van der Waals surface area (Å²) in [6.07, 6.45) is 0.600. The minimum atomic E-state index is -2.92. The Bertz CT molecular complexity index is 830. The van der Waals surface area contributed by atoms with Crippen LogP contribution in [0.15, 0.2) is 24.3 Å². The average Bonchev–Trinajstić information content (AvgIpc) is 3.11. The number of benzene rings is 1. The van der Waals surface area contributed by atoms with Crippen molar-refractivity contribution in [2.45, 2.75) is 6.42 Å². The van der Waals surface area contributed by atoms with Gasteiger partial charge in [-0.3, -0.25) is 0 Å². The molecule has 2 heterocycles. The van der Waals surface area contributed by atoms with Crippen molar-refractivity contribution >= 4 is 21.6 Å². The summed E-state index contributed by atoms with van der Waals surface area (Å²) in [5, 5.41) is 17.2. The number of carbonyl (C=O) groups excluding carboxylic acids is 1. The topological polar surface area (TPSA) is 119 Å². The first kappa shape index (κ1) is 16.4. The maximum atomic E-state index is 11.9. The summed E-state index contributed by atoms with van der Waals surface area (Å²) in [7, 11) is -1.24. The monoisotopic (exact) mass is 350 g/mol. The minimum absolute atomic E-state index is 0.00847. The number of anilines is 1. The van der Waals surface area contributed by atoms with Gasteiger partial charge in [0.15, 0.2) is 9.84 Å². The number of urea groups is 1. The fourth-order valence-electron chi connectivity index (χ4n) is 2.55. The van der Waals surface area contributed by atoms with Crippen LogP contribution in [0.1, 0.15) is 6.42 Å². The van der Waals surface area contributed by atoms with Gasteiger partial charge in [-0.05, 0) is 41.8 Å². The van der Waals surface area contributed by atoms with Gasteiger partial charge in [-0.15, -0.1) is 10.2 Å².